The molecular weight excluding hydrogens is 423 g/mol. The number of nitrogens with zero attached hydrogens (tertiary/aromatic N) is 3. The molecule has 28 heavy (non-hydrogen) atoms. The molecule has 0 unspecified atom stereocenters. The fourth-order valence-corrected chi connectivity index (χ4v) is 3.22. The molecular formula is C18H10Cl2N4O3S. The average Bonchev–Trinajstić information content (AvgIpc) is 2.63. The molecule has 3 rings (SSSR count). The van der Waals surface area contributed by atoms with Crippen LogP contribution < -0.4 is 11.2 Å². The minimum Gasteiger partial charge on any atom is -0.493 e. The van der Waals surface area contributed by atoms with E-state index in [1.165, 1.54) is 12.1 Å². The van der Waals surface area contributed by atoms with E-state index in [0.717, 1.165) is 22.5 Å². The first-order chi connectivity index (χ1) is 13.4. The summed E-state index contributed by atoms with van der Waals surface area (Å²) in [5.41, 5.74) is -1.16. The number of benzene rings is 2. The van der Waals surface area contributed by atoms with E-state index in [4.69, 9.17) is 28.5 Å². The Labute approximate surface area is 172 Å². The summed E-state index contributed by atoms with van der Waals surface area (Å²) in [7, 11) is 0. The third kappa shape index (κ3) is 4.12. The second kappa shape index (κ2) is 8.35. The summed E-state index contributed by atoms with van der Waals surface area (Å²) in [5.74, 6) is -0.581. The minimum atomic E-state index is -0.817. The zero-order valence-corrected chi connectivity index (χ0v) is 16.2. The SMILES string of the molecule is N#CSc1ccc(N=Cc2c(O)n(-c3cccc(Cl)c3)c(=O)[nH]c2=O)cc1Cl. The molecule has 1 heterocycles. The average molecular weight is 433 g/mol. The van der Waals surface area contributed by atoms with Crippen molar-refractivity contribution >= 4 is 46.9 Å². The van der Waals surface area contributed by atoms with Crippen molar-refractivity contribution in [3.05, 3.63) is 78.9 Å². The molecule has 0 bridgehead atoms. The molecule has 0 aliphatic rings. The maximum absolute atomic E-state index is 12.2. The van der Waals surface area contributed by atoms with Gasteiger partial charge < -0.3 is 5.11 Å². The van der Waals surface area contributed by atoms with Gasteiger partial charge in [-0.1, -0.05) is 29.3 Å². The van der Waals surface area contributed by atoms with Crippen LogP contribution in [0.3, 0.4) is 0 Å². The number of rotatable bonds is 4. The van der Waals surface area contributed by atoms with Gasteiger partial charge in [0.1, 0.15) is 11.0 Å². The normalized spacial score (nSPS) is 10.9. The standard InChI is InChI=1S/C18H10Cl2N4O3S/c19-10-2-1-3-12(6-10)24-17(26)13(16(25)23-18(24)27)8-22-11-4-5-15(28-9-21)14(20)7-11/h1-8,26H,(H,23,25,27). The van der Waals surface area contributed by atoms with E-state index in [1.54, 1.807) is 30.3 Å². The Balaban J connectivity index is 2.06. The molecule has 10 heteroatoms. The number of aliphatic imine (C=N–C) groups is 1. The largest absolute Gasteiger partial charge is 0.493 e. The topological polar surface area (TPSA) is 111 Å². The first-order valence-corrected chi connectivity index (χ1v) is 9.21. The second-order valence-corrected chi connectivity index (χ2v) is 7.05. The zero-order chi connectivity index (χ0) is 20.3. The van der Waals surface area contributed by atoms with Gasteiger partial charge >= 0.3 is 5.69 Å². The number of aromatic nitrogens is 2. The van der Waals surface area contributed by atoms with E-state index in [0.29, 0.717) is 20.6 Å². The van der Waals surface area contributed by atoms with E-state index in [2.05, 4.69) is 9.98 Å². The fourth-order valence-electron chi connectivity index (χ4n) is 2.35. The number of hydrogen-bond donors (Lipinski definition) is 2. The maximum Gasteiger partial charge on any atom is 0.335 e. The summed E-state index contributed by atoms with van der Waals surface area (Å²) >= 11 is 12.9. The molecule has 140 valence electrons. The number of hydrogen-bond acceptors (Lipinski definition) is 6. The van der Waals surface area contributed by atoms with Gasteiger partial charge in [-0.15, -0.1) is 0 Å². The van der Waals surface area contributed by atoms with Gasteiger partial charge in [0.2, 0.25) is 5.88 Å². The van der Waals surface area contributed by atoms with Crippen LogP contribution in [-0.4, -0.2) is 20.9 Å². The first-order valence-electron chi connectivity index (χ1n) is 7.64. The number of aromatic amines is 1. The number of H-pyrrole nitrogens is 1. The van der Waals surface area contributed by atoms with Crippen molar-refractivity contribution < 1.29 is 5.11 Å². The summed E-state index contributed by atoms with van der Waals surface area (Å²) in [6, 6.07) is 10.9. The monoisotopic (exact) mass is 432 g/mol. The number of thiocyanates is 1. The van der Waals surface area contributed by atoms with Gasteiger partial charge in [0.25, 0.3) is 5.56 Å². The number of aromatic hydroxyl groups is 1. The number of halogens is 2. The van der Waals surface area contributed by atoms with Crippen LogP contribution in [0.5, 0.6) is 5.88 Å². The molecule has 0 aliphatic carbocycles. The van der Waals surface area contributed by atoms with Crippen LogP contribution in [-0.2, 0) is 0 Å². The predicted molar refractivity (Wildman–Crippen MR) is 110 cm³/mol. The molecule has 0 aliphatic heterocycles. The zero-order valence-electron chi connectivity index (χ0n) is 13.9. The van der Waals surface area contributed by atoms with Crippen LogP contribution in [0.25, 0.3) is 5.69 Å². The molecule has 0 atom stereocenters. The summed E-state index contributed by atoms with van der Waals surface area (Å²) in [4.78, 5) is 31.1. The molecule has 0 spiro atoms. The maximum atomic E-state index is 12.2. The van der Waals surface area contributed by atoms with E-state index in [-0.39, 0.29) is 11.3 Å². The summed E-state index contributed by atoms with van der Waals surface area (Å²) < 4.78 is 0.911. The Kier molecular flexibility index (Phi) is 5.90. The van der Waals surface area contributed by atoms with Gasteiger partial charge in [-0.25, -0.2) is 9.36 Å². The van der Waals surface area contributed by atoms with Gasteiger partial charge in [-0.05, 0) is 48.2 Å². The number of nitrogens with one attached hydrogen (secondary N) is 1. The van der Waals surface area contributed by atoms with Gasteiger partial charge in [-0.3, -0.25) is 14.8 Å². The third-order valence-corrected chi connectivity index (χ3v) is 4.93. The van der Waals surface area contributed by atoms with Gasteiger partial charge in [-0.2, -0.15) is 5.26 Å². The number of nitriles is 1. The van der Waals surface area contributed by atoms with Gasteiger partial charge in [0, 0.05) is 16.1 Å². The Bertz CT molecular complexity index is 1240. The molecule has 0 saturated carbocycles. The Morgan fingerprint density at radius 2 is 2.00 bits per heavy atom. The smallest absolute Gasteiger partial charge is 0.335 e. The predicted octanol–water partition coefficient (Wildman–Crippen LogP) is 3.86. The van der Waals surface area contributed by atoms with E-state index in [1.807, 2.05) is 5.40 Å². The lowest BCUT2D eigenvalue weighted by molar-refractivity contribution is 0.430. The first kappa shape index (κ1) is 19.8. The highest BCUT2D eigenvalue weighted by molar-refractivity contribution is 8.03. The molecule has 1 aromatic heterocycles. The van der Waals surface area contributed by atoms with Crippen LogP contribution in [0.2, 0.25) is 10.0 Å². The number of thioether (sulfide) groups is 1. The molecule has 2 aromatic carbocycles. The third-order valence-electron chi connectivity index (χ3n) is 3.60. The fraction of sp³-hybridized carbons (Fsp3) is 0. The van der Waals surface area contributed by atoms with E-state index < -0.39 is 17.1 Å². The molecule has 0 amide bonds. The Morgan fingerprint density at radius 1 is 1.21 bits per heavy atom. The highest BCUT2D eigenvalue weighted by Crippen LogP contribution is 2.30. The molecule has 3 aromatic rings. The molecule has 2 N–H and O–H groups in total. The summed E-state index contributed by atoms with van der Waals surface area (Å²) in [6.45, 7) is 0. The lowest BCUT2D eigenvalue weighted by Gasteiger charge is -2.09. The van der Waals surface area contributed by atoms with Crippen LogP contribution in [0.15, 0.2) is 61.9 Å². The molecule has 0 fully saturated rings. The van der Waals surface area contributed by atoms with Crippen LogP contribution >= 0.6 is 35.0 Å². The van der Waals surface area contributed by atoms with Crippen molar-refractivity contribution in [1.82, 2.24) is 9.55 Å². The highest BCUT2D eigenvalue weighted by atomic mass is 35.5. The van der Waals surface area contributed by atoms with Crippen LogP contribution in [0.1, 0.15) is 5.56 Å². The van der Waals surface area contributed by atoms with Crippen LogP contribution in [0.4, 0.5) is 5.69 Å². The van der Waals surface area contributed by atoms with Crippen molar-refractivity contribution in [3.8, 4) is 17.0 Å². The van der Waals surface area contributed by atoms with Gasteiger partial charge in [0.15, 0.2) is 0 Å². The minimum absolute atomic E-state index is 0.217. The van der Waals surface area contributed by atoms with Crippen molar-refractivity contribution in [2.75, 3.05) is 0 Å². The van der Waals surface area contributed by atoms with Crippen molar-refractivity contribution in [2.24, 2.45) is 4.99 Å². The Hall–Kier alpha value is -2.99. The quantitative estimate of drug-likeness (QED) is 0.369. The van der Waals surface area contributed by atoms with Crippen molar-refractivity contribution in [3.63, 3.8) is 0 Å². The van der Waals surface area contributed by atoms with Crippen molar-refractivity contribution in [2.45, 2.75) is 4.90 Å². The van der Waals surface area contributed by atoms with E-state index in [9.17, 15) is 14.7 Å². The van der Waals surface area contributed by atoms with Gasteiger partial charge in [0.05, 0.1) is 16.4 Å². The lowest BCUT2D eigenvalue weighted by atomic mass is 10.2. The van der Waals surface area contributed by atoms with Crippen molar-refractivity contribution in [1.29, 1.82) is 5.26 Å². The lowest BCUT2D eigenvalue weighted by Crippen LogP contribution is -2.31. The Morgan fingerprint density at radius 3 is 2.68 bits per heavy atom. The summed E-state index contributed by atoms with van der Waals surface area (Å²) in [5, 5.41) is 21.8. The van der Waals surface area contributed by atoms with E-state index >= 15 is 0 Å². The molecule has 0 radical (unpaired) electrons. The molecule has 7 nitrogen and oxygen atoms in total. The molecule has 0 saturated heterocycles. The summed E-state index contributed by atoms with van der Waals surface area (Å²) in [6.07, 6.45) is 1.12. The van der Waals surface area contributed by atoms with Crippen LogP contribution in [0, 0.1) is 10.7 Å². The highest BCUT2D eigenvalue weighted by Gasteiger charge is 2.14. The second-order valence-electron chi connectivity index (χ2n) is 5.38.